The molecule has 4 N–H and O–H groups in total. The van der Waals surface area contributed by atoms with Crippen molar-refractivity contribution in [2.45, 2.75) is 64.6 Å². The van der Waals surface area contributed by atoms with Gasteiger partial charge >= 0.3 is 6.09 Å². The van der Waals surface area contributed by atoms with Crippen LogP contribution < -0.4 is 21.1 Å². The molecule has 0 bridgehead atoms. The zero-order valence-electron chi connectivity index (χ0n) is 23.9. The fraction of sp³-hybridized carbons (Fsp3) is 0.400. The quantitative estimate of drug-likeness (QED) is 0.320. The highest BCUT2D eigenvalue weighted by Gasteiger charge is 2.36. The van der Waals surface area contributed by atoms with Crippen molar-refractivity contribution in [2.75, 3.05) is 19.0 Å². The van der Waals surface area contributed by atoms with Gasteiger partial charge in [0.2, 0.25) is 11.8 Å². The van der Waals surface area contributed by atoms with E-state index in [2.05, 4.69) is 17.2 Å². The summed E-state index contributed by atoms with van der Waals surface area (Å²) in [6.45, 7) is 10.8. The van der Waals surface area contributed by atoms with Gasteiger partial charge < -0.3 is 30.7 Å². The van der Waals surface area contributed by atoms with Crippen molar-refractivity contribution >= 4 is 29.5 Å². The lowest BCUT2D eigenvalue weighted by Crippen LogP contribution is -2.52. The Bertz CT molecular complexity index is 1170. The number of anilines is 1. The number of ether oxygens (including phenoxy) is 2. The van der Waals surface area contributed by atoms with Crippen LogP contribution in [0.5, 0.6) is 5.75 Å². The van der Waals surface area contributed by atoms with Crippen molar-refractivity contribution in [3.8, 4) is 5.75 Å². The summed E-state index contributed by atoms with van der Waals surface area (Å²) in [5, 5.41) is 5.42. The number of carbonyl (C=O) groups excluding carboxylic acids is 4. The van der Waals surface area contributed by atoms with Crippen LogP contribution in [0.2, 0.25) is 0 Å². The van der Waals surface area contributed by atoms with Crippen molar-refractivity contribution < 1.29 is 28.7 Å². The van der Waals surface area contributed by atoms with Crippen LogP contribution in [0.15, 0.2) is 61.2 Å². The second-order valence-electron chi connectivity index (χ2n) is 10.2. The van der Waals surface area contributed by atoms with Crippen molar-refractivity contribution in [1.82, 2.24) is 10.2 Å². The highest BCUT2D eigenvalue weighted by atomic mass is 16.6. The van der Waals surface area contributed by atoms with Crippen LogP contribution in [-0.4, -0.2) is 54.0 Å². The Hall–Kier alpha value is -4.34. The zero-order valence-corrected chi connectivity index (χ0v) is 23.9. The maximum absolute atomic E-state index is 14.0. The van der Waals surface area contributed by atoms with E-state index in [0.717, 1.165) is 12.0 Å². The van der Waals surface area contributed by atoms with Gasteiger partial charge in [0, 0.05) is 18.7 Å². The number of aryl methyl sites for hydroxylation is 1. The molecule has 0 spiro atoms. The Labute approximate surface area is 235 Å². The van der Waals surface area contributed by atoms with Gasteiger partial charge in [0.15, 0.2) is 0 Å². The Morgan fingerprint density at radius 3 is 2.17 bits per heavy atom. The van der Waals surface area contributed by atoms with Gasteiger partial charge in [-0.1, -0.05) is 37.3 Å². The molecule has 0 aliphatic carbocycles. The fourth-order valence-corrected chi connectivity index (χ4v) is 3.95. The molecule has 2 atom stereocenters. The second kappa shape index (κ2) is 14.7. The third-order valence-corrected chi connectivity index (χ3v) is 5.90. The van der Waals surface area contributed by atoms with Gasteiger partial charge in [-0.3, -0.25) is 14.4 Å². The summed E-state index contributed by atoms with van der Waals surface area (Å²) in [5.74, 6) is -1.08. The summed E-state index contributed by atoms with van der Waals surface area (Å²) >= 11 is 0. The Kier molecular flexibility index (Phi) is 11.7. The predicted molar refractivity (Wildman–Crippen MR) is 154 cm³/mol. The highest BCUT2D eigenvalue weighted by molar-refractivity contribution is 5.99. The standard InChI is InChI=1S/C30H40N4O6/c1-7-19-34(28(37)24(17-18-25(31)35)33-29(38)40-30(3,4)5)26(21-11-9-20(8-2)10-12-21)27(36)32-22-13-15-23(39-6)16-14-22/h7,9-16,24,26H,1,8,17-19H2,2-6H3,(H2,31,35)(H,32,36)(H,33,38). The summed E-state index contributed by atoms with van der Waals surface area (Å²) in [6, 6.07) is 11.9. The van der Waals surface area contributed by atoms with Gasteiger partial charge in [-0.05, 0) is 69.0 Å². The first-order valence-electron chi connectivity index (χ1n) is 13.1. The molecule has 2 unspecified atom stereocenters. The lowest BCUT2D eigenvalue weighted by atomic mass is 9.99. The van der Waals surface area contributed by atoms with E-state index in [1.54, 1.807) is 64.3 Å². The van der Waals surface area contributed by atoms with Gasteiger partial charge in [-0.2, -0.15) is 0 Å². The molecule has 4 amide bonds. The largest absolute Gasteiger partial charge is 0.497 e. The van der Waals surface area contributed by atoms with Crippen LogP contribution in [0.3, 0.4) is 0 Å². The average molecular weight is 553 g/mol. The van der Waals surface area contributed by atoms with Crippen molar-refractivity contribution in [1.29, 1.82) is 0 Å². The van der Waals surface area contributed by atoms with E-state index < -0.39 is 41.5 Å². The molecule has 10 nitrogen and oxygen atoms in total. The van der Waals surface area contributed by atoms with Crippen LogP contribution >= 0.6 is 0 Å². The molecule has 0 aliphatic heterocycles. The molecule has 216 valence electrons. The minimum absolute atomic E-state index is 0.0157. The van der Waals surface area contributed by atoms with Crippen molar-refractivity contribution in [3.05, 3.63) is 72.3 Å². The number of primary amides is 1. The summed E-state index contributed by atoms with van der Waals surface area (Å²) in [4.78, 5) is 53.3. The van der Waals surface area contributed by atoms with Crippen LogP contribution in [0.25, 0.3) is 0 Å². The number of hydrogen-bond donors (Lipinski definition) is 3. The monoisotopic (exact) mass is 552 g/mol. The predicted octanol–water partition coefficient (Wildman–Crippen LogP) is 4.11. The minimum atomic E-state index is -1.19. The van der Waals surface area contributed by atoms with Gasteiger partial charge in [-0.25, -0.2) is 4.79 Å². The van der Waals surface area contributed by atoms with Crippen molar-refractivity contribution in [3.63, 3.8) is 0 Å². The van der Waals surface area contributed by atoms with Gasteiger partial charge in [0.05, 0.1) is 7.11 Å². The van der Waals surface area contributed by atoms with E-state index in [1.165, 1.54) is 11.0 Å². The molecule has 2 aromatic carbocycles. The number of benzene rings is 2. The summed E-state index contributed by atoms with van der Waals surface area (Å²) in [6.07, 6.45) is 1.21. The Balaban J connectivity index is 2.50. The molecule has 0 aromatic heterocycles. The zero-order chi connectivity index (χ0) is 29.9. The molecule has 0 saturated carbocycles. The Morgan fingerprint density at radius 1 is 1.05 bits per heavy atom. The number of methoxy groups -OCH3 is 1. The molecule has 2 rings (SSSR count). The van der Waals surface area contributed by atoms with Crippen LogP contribution in [0.4, 0.5) is 10.5 Å². The number of rotatable bonds is 13. The number of carbonyl (C=O) groups is 4. The summed E-state index contributed by atoms with van der Waals surface area (Å²) in [7, 11) is 1.54. The average Bonchev–Trinajstić information content (AvgIpc) is 2.90. The maximum atomic E-state index is 14.0. The number of nitrogens with zero attached hydrogens (tertiary/aromatic N) is 1. The molecule has 40 heavy (non-hydrogen) atoms. The van der Waals surface area contributed by atoms with E-state index in [0.29, 0.717) is 17.0 Å². The molecule has 10 heteroatoms. The van der Waals surface area contributed by atoms with Crippen LogP contribution in [0.1, 0.15) is 57.7 Å². The molecule has 0 radical (unpaired) electrons. The Morgan fingerprint density at radius 2 is 1.68 bits per heavy atom. The molecule has 0 aliphatic rings. The van der Waals surface area contributed by atoms with E-state index in [1.807, 2.05) is 19.1 Å². The van der Waals surface area contributed by atoms with Crippen molar-refractivity contribution in [2.24, 2.45) is 5.73 Å². The number of nitrogens with two attached hydrogens (primary N) is 1. The normalized spacial score (nSPS) is 12.4. The van der Waals surface area contributed by atoms with Crippen LogP contribution in [0, 0.1) is 0 Å². The van der Waals surface area contributed by atoms with Crippen LogP contribution in [-0.2, 0) is 25.5 Å². The first-order valence-corrected chi connectivity index (χ1v) is 13.1. The number of alkyl carbamates (subject to hydrolysis) is 1. The third kappa shape index (κ3) is 9.76. The fourth-order valence-electron chi connectivity index (χ4n) is 3.95. The first-order chi connectivity index (χ1) is 18.9. The topological polar surface area (TPSA) is 140 Å². The SMILES string of the molecule is C=CCN(C(=O)C(CCC(N)=O)NC(=O)OC(C)(C)C)C(C(=O)Nc1ccc(OC)cc1)c1ccc(CC)cc1. The number of hydrogen-bond acceptors (Lipinski definition) is 6. The van der Waals surface area contributed by atoms with E-state index >= 15 is 0 Å². The minimum Gasteiger partial charge on any atom is -0.497 e. The van der Waals surface area contributed by atoms with Gasteiger partial charge in [0.1, 0.15) is 23.4 Å². The first kappa shape index (κ1) is 31.9. The lowest BCUT2D eigenvalue weighted by Gasteiger charge is -2.34. The molecule has 2 aromatic rings. The van der Waals surface area contributed by atoms with E-state index in [4.69, 9.17) is 15.2 Å². The smallest absolute Gasteiger partial charge is 0.408 e. The second-order valence-corrected chi connectivity index (χ2v) is 10.2. The van der Waals surface area contributed by atoms with E-state index in [9.17, 15) is 19.2 Å². The molecule has 0 saturated heterocycles. The summed E-state index contributed by atoms with van der Waals surface area (Å²) < 4.78 is 10.5. The highest BCUT2D eigenvalue weighted by Crippen LogP contribution is 2.26. The molecule has 0 heterocycles. The number of nitrogens with one attached hydrogen (secondary N) is 2. The molecular weight excluding hydrogens is 512 g/mol. The summed E-state index contributed by atoms with van der Waals surface area (Å²) in [5.41, 5.74) is 6.65. The molecule has 0 fully saturated rings. The number of amides is 4. The van der Waals surface area contributed by atoms with Gasteiger partial charge in [0.25, 0.3) is 5.91 Å². The maximum Gasteiger partial charge on any atom is 0.408 e. The lowest BCUT2D eigenvalue weighted by molar-refractivity contribution is -0.140. The van der Waals surface area contributed by atoms with Gasteiger partial charge in [-0.15, -0.1) is 6.58 Å². The molecular formula is C30H40N4O6. The third-order valence-electron chi connectivity index (χ3n) is 5.90. The van der Waals surface area contributed by atoms with E-state index in [-0.39, 0.29) is 19.4 Å².